The molecule has 0 radical (unpaired) electrons. The molecular formula is C17H18ClF3N4O6S. The zero-order chi connectivity index (χ0) is 24.1. The molecule has 1 fully saturated rings. The molecule has 1 saturated heterocycles. The molecule has 0 spiro atoms. The summed E-state index contributed by atoms with van der Waals surface area (Å²) in [5.74, 6) is -1.42. The lowest BCUT2D eigenvalue weighted by Crippen LogP contribution is -2.59. The molecule has 5 atom stereocenters. The van der Waals surface area contributed by atoms with Crippen molar-refractivity contribution in [2.24, 2.45) is 5.11 Å². The molecule has 0 N–H and O–H groups in total. The zero-order valence-electron chi connectivity index (χ0n) is 16.9. The van der Waals surface area contributed by atoms with E-state index in [0.717, 1.165) is 26.1 Å². The molecule has 0 unspecified atom stereocenters. The van der Waals surface area contributed by atoms with Crippen LogP contribution in [0.15, 0.2) is 22.3 Å². The second-order valence-electron chi connectivity index (χ2n) is 6.43. The Morgan fingerprint density at radius 2 is 2.03 bits per heavy atom. The van der Waals surface area contributed by atoms with Gasteiger partial charge in [0.1, 0.15) is 36.4 Å². The quantitative estimate of drug-likeness (QED) is 0.240. The molecular weight excluding hydrogens is 481 g/mol. The van der Waals surface area contributed by atoms with Gasteiger partial charge >= 0.3 is 18.1 Å². The van der Waals surface area contributed by atoms with Crippen molar-refractivity contribution in [1.82, 2.24) is 4.98 Å². The minimum absolute atomic E-state index is 0.0499. The van der Waals surface area contributed by atoms with E-state index in [4.69, 9.17) is 36.1 Å². The number of ether oxygens (including phenoxy) is 4. The standard InChI is InChI=1S/C17H18ClF3N4O6S/c1-7(26)29-6-10-13(30-8(2)27)12(24-25-22)14(28-3)16(31-10)32-11-4-9(18)5-23-15(11)17(19,20)21/h4-5,10,12-14,16H,6H2,1-3H3/t10-,12+,13+,14-,16-/m1/s1. The van der Waals surface area contributed by atoms with Crippen molar-refractivity contribution >= 4 is 35.3 Å². The molecule has 0 amide bonds. The van der Waals surface area contributed by atoms with Gasteiger partial charge < -0.3 is 18.9 Å². The Kier molecular flexibility index (Phi) is 8.98. The maximum Gasteiger partial charge on any atom is 0.434 e. The number of hydrogen-bond donors (Lipinski definition) is 0. The fourth-order valence-electron chi connectivity index (χ4n) is 2.95. The highest BCUT2D eigenvalue weighted by Gasteiger charge is 2.49. The first-order chi connectivity index (χ1) is 15.0. The molecule has 1 aliphatic heterocycles. The van der Waals surface area contributed by atoms with Crippen molar-refractivity contribution in [3.8, 4) is 0 Å². The van der Waals surface area contributed by atoms with Crippen molar-refractivity contribution in [2.75, 3.05) is 13.7 Å². The van der Waals surface area contributed by atoms with Crippen LogP contribution >= 0.6 is 23.4 Å². The largest absolute Gasteiger partial charge is 0.463 e. The van der Waals surface area contributed by atoms with E-state index in [9.17, 15) is 22.8 Å². The summed E-state index contributed by atoms with van der Waals surface area (Å²) in [5.41, 5.74) is 6.60. The van der Waals surface area contributed by atoms with Crippen LogP contribution in [0.5, 0.6) is 0 Å². The molecule has 2 rings (SSSR count). The van der Waals surface area contributed by atoms with E-state index in [1.807, 2.05) is 0 Å². The summed E-state index contributed by atoms with van der Waals surface area (Å²) in [6.07, 6.45) is -7.47. The third-order valence-corrected chi connectivity index (χ3v) is 5.54. The Balaban J connectivity index is 2.48. The number of pyridine rings is 1. The molecule has 1 aromatic rings. The molecule has 0 saturated carbocycles. The first kappa shape index (κ1) is 26.0. The molecule has 10 nitrogen and oxygen atoms in total. The maximum absolute atomic E-state index is 13.4. The van der Waals surface area contributed by atoms with Crippen LogP contribution in [-0.2, 0) is 34.7 Å². The normalized spacial score (nSPS) is 25.5. The third-order valence-electron chi connectivity index (χ3n) is 4.16. The van der Waals surface area contributed by atoms with Crippen LogP contribution in [0.1, 0.15) is 19.5 Å². The van der Waals surface area contributed by atoms with Crippen LogP contribution < -0.4 is 0 Å². The van der Waals surface area contributed by atoms with Crippen molar-refractivity contribution in [3.63, 3.8) is 0 Å². The lowest BCUT2D eigenvalue weighted by atomic mass is 9.97. The van der Waals surface area contributed by atoms with Gasteiger partial charge in [-0.15, -0.1) is 0 Å². The first-order valence-corrected chi connectivity index (χ1v) is 10.2. The number of esters is 2. The van der Waals surface area contributed by atoms with Gasteiger partial charge in [0, 0.05) is 37.0 Å². The Morgan fingerprint density at radius 3 is 2.56 bits per heavy atom. The summed E-state index contributed by atoms with van der Waals surface area (Å²) in [7, 11) is 1.22. The number of hydrogen-bond acceptors (Lipinski definition) is 9. The van der Waals surface area contributed by atoms with E-state index in [0.29, 0.717) is 11.8 Å². The Bertz CT molecular complexity index is 902. The van der Waals surface area contributed by atoms with Crippen molar-refractivity contribution in [1.29, 1.82) is 0 Å². The number of carbonyl (C=O) groups excluding carboxylic acids is 2. The molecule has 15 heteroatoms. The molecule has 0 bridgehead atoms. The summed E-state index contributed by atoms with van der Waals surface area (Å²) < 4.78 is 61.6. The fraction of sp³-hybridized carbons (Fsp3) is 0.588. The summed E-state index contributed by atoms with van der Waals surface area (Å²) >= 11 is 6.41. The van der Waals surface area contributed by atoms with E-state index in [1.165, 1.54) is 7.11 Å². The monoisotopic (exact) mass is 498 g/mol. The summed E-state index contributed by atoms with van der Waals surface area (Å²) in [6, 6.07) is -0.151. The molecule has 2 heterocycles. The number of thioether (sulfide) groups is 1. The lowest BCUT2D eigenvalue weighted by Gasteiger charge is -2.43. The van der Waals surface area contributed by atoms with Gasteiger partial charge in [-0.25, -0.2) is 4.98 Å². The average molecular weight is 499 g/mol. The predicted octanol–water partition coefficient (Wildman–Crippen LogP) is 3.76. The lowest BCUT2D eigenvalue weighted by molar-refractivity contribution is -0.196. The number of methoxy groups -OCH3 is 1. The zero-order valence-corrected chi connectivity index (χ0v) is 18.5. The second kappa shape index (κ2) is 11.1. The van der Waals surface area contributed by atoms with Gasteiger partial charge in [-0.2, -0.15) is 13.2 Å². The molecule has 1 aromatic heterocycles. The molecule has 32 heavy (non-hydrogen) atoms. The number of halogens is 4. The van der Waals surface area contributed by atoms with Gasteiger partial charge in [-0.05, 0) is 11.6 Å². The number of carbonyl (C=O) groups is 2. The number of alkyl halides is 3. The van der Waals surface area contributed by atoms with Gasteiger partial charge in [0.2, 0.25) is 0 Å². The van der Waals surface area contributed by atoms with E-state index < -0.39 is 60.2 Å². The SMILES string of the molecule is CO[C@@H]1[C@@H](N=[N+]=[N-])[C@@H](OC(C)=O)[C@@H](COC(C)=O)O[C@@H]1Sc1cc(Cl)cnc1C(F)(F)F. The van der Waals surface area contributed by atoms with Crippen LogP contribution in [-0.4, -0.2) is 60.4 Å². The molecule has 0 aromatic carbocycles. The summed E-state index contributed by atoms with van der Waals surface area (Å²) in [6.45, 7) is 1.82. The Labute approximate surface area is 189 Å². The Hall–Kier alpha value is -2.25. The molecule has 0 aliphatic carbocycles. The van der Waals surface area contributed by atoms with Gasteiger partial charge in [-0.1, -0.05) is 28.5 Å². The highest BCUT2D eigenvalue weighted by atomic mass is 35.5. The van der Waals surface area contributed by atoms with Crippen molar-refractivity contribution in [3.05, 3.63) is 33.4 Å². The van der Waals surface area contributed by atoms with Crippen LogP contribution in [0, 0.1) is 0 Å². The highest BCUT2D eigenvalue weighted by Crippen LogP contribution is 2.42. The van der Waals surface area contributed by atoms with Crippen LogP contribution in [0.4, 0.5) is 13.2 Å². The average Bonchev–Trinajstić information content (AvgIpc) is 2.67. The van der Waals surface area contributed by atoms with Crippen molar-refractivity contribution < 1.29 is 41.7 Å². The maximum atomic E-state index is 13.4. The van der Waals surface area contributed by atoms with Gasteiger partial charge in [0.05, 0.1) is 5.02 Å². The molecule has 176 valence electrons. The van der Waals surface area contributed by atoms with Crippen LogP contribution in [0.25, 0.3) is 10.4 Å². The van der Waals surface area contributed by atoms with Crippen LogP contribution in [0.3, 0.4) is 0 Å². The van der Waals surface area contributed by atoms with E-state index in [-0.39, 0.29) is 9.92 Å². The Morgan fingerprint density at radius 1 is 1.34 bits per heavy atom. The number of rotatable bonds is 7. The number of aromatic nitrogens is 1. The highest BCUT2D eigenvalue weighted by molar-refractivity contribution is 7.99. The smallest absolute Gasteiger partial charge is 0.434 e. The molecule has 1 aliphatic rings. The van der Waals surface area contributed by atoms with E-state index in [2.05, 4.69) is 15.0 Å². The van der Waals surface area contributed by atoms with Gasteiger partial charge in [-0.3, -0.25) is 9.59 Å². The predicted molar refractivity (Wildman–Crippen MR) is 105 cm³/mol. The van der Waals surface area contributed by atoms with Crippen LogP contribution in [0.2, 0.25) is 5.02 Å². The third kappa shape index (κ3) is 6.62. The van der Waals surface area contributed by atoms with Crippen molar-refractivity contribution in [2.45, 2.75) is 54.7 Å². The minimum Gasteiger partial charge on any atom is -0.463 e. The first-order valence-electron chi connectivity index (χ1n) is 8.90. The number of nitrogens with zero attached hydrogens (tertiary/aromatic N) is 4. The number of azide groups is 1. The minimum atomic E-state index is -4.79. The topological polar surface area (TPSA) is 133 Å². The van der Waals surface area contributed by atoms with E-state index >= 15 is 0 Å². The summed E-state index contributed by atoms with van der Waals surface area (Å²) in [5, 5.41) is 3.56. The van der Waals surface area contributed by atoms with Gasteiger partial charge in [0.25, 0.3) is 0 Å². The second-order valence-corrected chi connectivity index (χ2v) is 8.01. The summed E-state index contributed by atoms with van der Waals surface area (Å²) in [4.78, 5) is 28.6. The van der Waals surface area contributed by atoms with E-state index in [1.54, 1.807) is 0 Å². The fourth-order valence-corrected chi connectivity index (χ4v) is 4.50. The van der Waals surface area contributed by atoms with Gasteiger partial charge in [0.15, 0.2) is 5.69 Å².